The average molecular weight is 438 g/mol. The van der Waals surface area contributed by atoms with Gasteiger partial charge in [-0.2, -0.15) is 0 Å². The summed E-state index contributed by atoms with van der Waals surface area (Å²) in [7, 11) is 0. The van der Waals surface area contributed by atoms with Crippen LogP contribution >= 0.6 is 0 Å². The molecule has 0 saturated carbocycles. The quantitative estimate of drug-likeness (QED) is 0.322. The third kappa shape index (κ3) is 6.97. The zero-order valence-corrected chi connectivity index (χ0v) is 18.4. The predicted molar refractivity (Wildman–Crippen MR) is 132 cm³/mol. The number of hydrogen-bond acceptors (Lipinski definition) is 3. The molecule has 0 fully saturated rings. The van der Waals surface area contributed by atoms with Gasteiger partial charge in [-0.05, 0) is 59.7 Å². The van der Waals surface area contributed by atoms with Gasteiger partial charge in [0, 0.05) is 24.1 Å². The highest BCUT2D eigenvalue weighted by Gasteiger charge is 2.07. The maximum atomic E-state index is 12.6. The van der Waals surface area contributed by atoms with E-state index in [1.165, 1.54) is 11.1 Å². The Morgan fingerprint density at radius 1 is 0.576 bits per heavy atom. The van der Waals surface area contributed by atoms with E-state index in [9.17, 15) is 4.79 Å². The Hall–Kier alpha value is -4.05. The van der Waals surface area contributed by atoms with Crippen LogP contribution in [0.15, 0.2) is 109 Å². The van der Waals surface area contributed by atoms with E-state index in [0.29, 0.717) is 18.8 Å². The summed E-state index contributed by atoms with van der Waals surface area (Å²) in [4.78, 5) is 12.6. The molecule has 0 radical (unpaired) electrons. The van der Waals surface area contributed by atoms with Gasteiger partial charge in [-0.3, -0.25) is 4.79 Å². The van der Waals surface area contributed by atoms with E-state index in [1.54, 1.807) is 12.1 Å². The highest BCUT2D eigenvalue weighted by atomic mass is 16.5. The molecule has 4 nitrogen and oxygen atoms in total. The molecule has 33 heavy (non-hydrogen) atoms. The normalized spacial score (nSPS) is 10.4. The van der Waals surface area contributed by atoms with Crippen molar-refractivity contribution >= 4 is 11.6 Å². The monoisotopic (exact) mass is 437 g/mol. The third-order valence-electron chi connectivity index (χ3n) is 5.23. The van der Waals surface area contributed by atoms with Gasteiger partial charge in [0.25, 0.3) is 5.91 Å². The number of carbonyl (C=O) groups is 1. The second kappa shape index (κ2) is 11.5. The second-order valence-corrected chi connectivity index (χ2v) is 7.67. The van der Waals surface area contributed by atoms with E-state index >= 15 is 0 Å². The maximum Gasteiger partial charge on any atom is 0.255 e. The zero-order chi connectivity index (χ0) is 22.7. The van der Waals surface area contributed by atoms with E-state index in [-0.39, 0.29) is 5.91 Å². The van der Waals surface area contributed by atoms with E-state index in [0.717, 1.165) is 30.0 Å². The molecule has 4 aromatic rings. The van der Waals surface area contributed by atoms with Crippen molar-refractivity contribution < 1.29 is 14.3 Å². The van der Waals surface area contributed by atoms with Crippen molar-refractivity contribution in [1.82, 2.24) is 0 Å². The fourth-order valence-electron chi connectivity index (χ4n) is 3.40. The predicted octanol–water partition coefficient (Wildman–Crippen LogP) is 6.18. The number of nitrogens with one attached hydrogen (secondary N) is 1. The van der Waals surface area contributed by atoms with Gasteiger partial charge >= 0.3 is 0 Å². The van der Waals surface area contributed by atoms with Gasteiger partial charge in [0.1, 0.15) is 11.5 Å². The lowest BCUT2D eigenvalue weighted by molar-refractivity contribution is 0.102. The van der Waals surface area contributed by atoms with Gasteiger partial charge in [-0.15, -0.1) is 0 Å². The van der Waals surface area contributed by atoms with Gasteiger partial charge in [-0.25, -0.2) is 0 Å². The third-order valence-corrected chi connectivity index (χ3v) is 5.23. The summed E-state index contributed by atoms with van der Waals surface area (Å²) in [6.07, 6.45) is 1.69. The summed E-state index contributed by atoms with van der Waals surface area (Å²) in [5, 5.41) is 2.92. The van der Waals surface area contributed by atoms with Crippen LogP contribution < -0.4 is 14.8 Å². The van der Waals surface area contributed by atoms with Crippen LogP contribution in [-0.2, 0) is 12.8 Å². The van der Waals surface area contributed by atoms with Crippen molar-refractivity contribution in [3.8, 4) is 11.5 Å². The summed E-state index contributed by atoms with van der Waals surface area (Å²) >= 11 is 0. The van der Waals surface area contributed by atoms with Gasteiger partial charge in [0.15, 0.2) is 0 Å². The summed E-state index contributed by atoms with van der Waals surface area (Å²) in [5.41, 5.74) is 3.78. The van der Waals surface area contributed by atoms with Crippen molar-refractivity contribution in [2.75, 3.05) is 18.5 Å². The number of hydrogen-bond donors (Lipinski definition) is 1. The molecule has 0 unspecified atom stereocenters. The fraction of sp³-hybridized carbons (Fsp3) is 0.138. The molecular weight excluding hydrogens is 410 g/mol. The summed E-state index contributed by atoms with van der Waals surface area (Å²) in [6, 6.07) is 35.1. The molecule has 0 aliphatic carbocycles. The van der Waals surface area contributed by atoms with Gasteiger partial charge in [-0.1, -0.05) is 60.7 Å². The Kier molecular flexibility index (Phi) is 7.74. The minimum Gasteiger partial charge on any atom is -0.493 e. The van der Waals surface area contributed by atoms with Crippen LogP contribution in [0.1, 0.15) is 21.5 Å². The summed E-state index contributed by atoms with van der Waals surface area (Å²) < 4.78 is 11.6. The Morgan fingerprint density at radius 3 is 1.52 bits per heavy atom. The molecule has 4 aromatic carbocycles. The van der Waals surface area contributed by atoms with Crippen LogP contribution in [0, 0.1) is 0 Å². The van der Waals surface area contributed by atoms with Crippen LogP contribution in [0.3, 0.4) is 0 Å². The average Bonchev–Trinajstić information content (AvgIpc) is 2.87. The molecular formula is C29H27NO3. The van der Waals surface area contributed by atoms with Crippen molar-refractivity contribution in [1.29, 1.82) is 0 Å². The van der Waals surface area contributed by atoms with E-state index in [1.807, 2.05) is 72.8 Å². The van der Waals surface area contributed by atoms with Crippen LogP contribution in [0.5, 0.6) is 11.5 Å². The Balaban J connectivity index is 1.22. The number of ether oxygens (including phenoxy) is 2. The highest BCUT2D eigenvalue weighted by molar-refractivity contribution is 6.04. The topological polar surface area (TPSA) is 47.6 Å². The fourth-order valence-corrected chi connectivity index (χ4v) is 3.40. The summed E-state index contributed by atoms with van der Waals surface area (Å²) in [6.45, 7) is 1.20. The Labute approximate surface area is 194 Å². The molecule has 1 N–H and O–H groups in total. The molecule has 0 heterocycles. The molecule has 4 rings (SSSR count). The first kappa shape index (κ1) is 22.2. The van der Waals surface area contributed by atoms with E-state index in [4.69, 9.17) is 9.47 Å². The molecule has 166 valence electrons. The van der Waals surface area contributed by atoms with Crippen LogP contribution in [0.2, 0.25) is 0 Å². The lowest BCUT2D eigenvalue weighted by Gasteiger charge is -2.10. The number of anilines is 1. The molecule has 0 aliphatic rings. The van der Waals surface area contributed by atoms with Crippen molar-refractivity contribution in [3.63, 3.8) is 0 Å². The number of carbonyl (C=O) groups excluding carboxylic acids is 1. The minimum absolute atomic E-state index is 0.163. The first-order chi connectivity index (χ1) is 16.3. The standard InChI is InChI=1S/C29H27NO3/c31-29(25-11-15-27(16-12-25)32-21-19-23-7-3-1-4-8-23)30-26-13-17-28(18-14-26)33-22-20-24-9-5-2-6-10-24/h1-18H,19-22H2,(H,30,31). The molecule has 4 heteroatoms. The molecule has 0 spiro atoms. The Morgan fingerprint density at radius 2 is 1.03 bits per heavy atom. The second-order valence-electron chi connectivity index (χ2n) is 7.67. The van der Waals surface area contributed by atoms with E-state index in [2.05, 4.69) is 29.6 Å². The summed E-state index contributed by atoms with van der Waals surface area (Å²) in [5.74, 6) is 1.36. The SMILES string of the molecule is O=C(Nc1ccc(OCCc2ccccc2)cc1)c1ccc(OCCc2ccccc2)cc1. The van der Waals surface area contributed by atoms with Gasteiger partial charge < -0.3 is 14.8 Å². The lowest BCUT2D eigenvalue weighted by atomic mass is 10.1. The van der Waals surface area contributed by atoms with Crippen LogP contribution in [0.4, 0.5) is 5.69 Å². The van der Waals surface area contributed by atoms with Crippen LogP contribution in [-0.4, -0.2) is 19.1 Å². The molecule has 0 saturated heterocycles. The highest BCUT2D eigenvalue weighted by Crippen LogP contribution is 2.18. The Bertz CT molecular complexity index is 1130. The molecule has 0 bridgehead atoms. The van der Waals surface area contributed by atoms with Crippen molar-refractivity contribution in [2.24, 2.45) is 0 Å². The molecule has 0 atom stereocenters. The minimum atomic E-state index is -0.163. The maximum absolute atomic E-state index is 12.6. The smallest absolute Gasteiger partial charge is 0.255 e. The van der Waals surface area contributed by atoms with Crippen molar-refractivity contribution in [3.05, 3.63) is 126 Å². The first-order valence-electron chi connectivity index (χ1n) is 11.1. The largest absolute Gasteiger partial charge is 0.493 e. The van der Waals surface area contributed by atoms with Gasteiger partial charge in [0.05, 0.1) is 13.2 Å². The van der Waals surface area contributed by atoms with Crippen molar-refractivity contribution in [2.45, 2.75) is 12.8 Å². The number of amides is 1. The number of rotatable bonds is 10. The lowest BCUT2D eigenvalue weighted by Crippen LogP contribution is -2.11. The number of benzene rings is 4. The first-order valence-corrected chi connectivity index (χ1v) is 11.1. The van der Waals surface area contributed by atoms with Crippen LogP contribution in [0.25, 0.3) is 0 Å². The molecule has 0 aromatic heterocycles. The van der Waals surface area contributed by atoms with E-state index < -0.39 is 0 Å². The van der Waals surface area contributed by atoms with Gasteiger partial charge in [0.2, 0.25) is 0 Å². The molecule has 0 aliphatic heterocycles. The molecule has 1 amide bonds. The zero-order valence-electron chi connectivity index (χ0n) is 18.4.